The van der Waals surface area contributed by atoms with Crippen LogP contribution in [0.1, 0.15) is 50.2 Å². The summed E-state index contributed by atoms with van der Waals surface area (Å²) in [4.78, 5) is 31.7. The summed E-state index contributed by atoms with van der Waals surface area (Å²) >= 11 is 3.40. The predicted octanol–water partition coefficient (Wildman–Crippen LogP) is 3.47. The van der Waals surface area contributed by atoms with Crippen molar-refractivity contribution in [2.75, 3.05) is 11.4 Å². The van der Waals surface area contributed by atoms with Crippen molar-refractivity contribution in [2.24, 2.45) is 5.92 Å². The van der Waals surface area contributed by atoms with Crippen molar-refractivity contribution in [3.8, 4) is 0 Å². The molecule has 2 fully saturated rings. The number of anilines is 1. The second-order valence-corrected chi connectivity index (χ2v) is 8.57. The molecule has 2 aromatic rings. The number of carbonyl (C=O) groups excluding carboxylic acids is 2. The molecule has 1 aromatic heterocycles. The first-order valence-electron chi connectivity index (χ1n) is 9.66. The number of aromatic nitrogens is 2. The molecule has 1 aliphatic carbocycles. The van der Waals surface area contributed by atoms with E-state index in [1.165, 1.54) is 0 Å². The van der Waals surface area contributed by atoms with Gasteiger partial charge in [0.05, 0.1) is 5.92 Å². The summed E-state index contributed by atoms with van der Waals surface area (Å²) < 4.78 is 6.12. The van der Waals surface area contributed by atoms with Gasteiger partial charge in [-0.1, -0.05) is 40.3 Å². The first-order chi connectivity index (χ1) is 13.5. The minimum atomic E-state index is -0.596. The van der Waals surface area contributed by atoms with E-state index >= 15 is 0 Å². The minimum absolute atomic E-state index is 0.0319. The number of benzene rings is 1. The Morgan fingerprint density at radius 1 is 1.25 bits per heavy atom. The summed E-state index contributed by atoms with van der Waals surface area (Å²) in [5.74, 6) is 0.509. The smallest absolute Gasteiger partial charge is 0.227 e. The number of hydrogen-bond acceptors (Lipinski definition) is 5. The van der Waals surface area contributed by atoms with Gasteiger partial charge in [-0.15, -0.1) is 0 Å². The van der Waals surface area contributed by atoms with Gasteiger partial charge in [0.25, 0.3) is 0 Å². The van der Waals surface area contributed by atoms with Gasteiger partial charge in [-0.2, -0.15) is 4.98 Å². The van der Waals surface area contributed by atoms with Gasteiger partial charge in [0.1, 0.15) is 5.54 Å². The Labute approximate surface area is 172 Å². The molecule has 1 saturated carbocycles. The van der Waals surface area contributed by atoms with Gasteiger partial charge >= 0.3 is 0 Å². The highest BCUT2D eigenvalue weighted by Crippen LogP contribution is 2.36. The molecule has 2 aliphatic rings. The van der Waals surface area contributed by atoms with E-state index in [0.29, 0.717) is 18.3 Å². The Morgan fingerprint density at radius 2 is 1.96 bits per heavy atom. The lowest BCUT2D eigenvalue weighted by atomic mass is 9.80. The molecule has 0 radical (unpaired) electrons. The number of carbonyl (C=O) groups is 2. The maximum Gasteiger partial charge on any atom is 0.227 e. The summed E-state index contributed by atoms with van der Waals surface area (Å²) in [5, 5.41) is 7.29. The van der Waals surface area contributed by atoms with Crippen LogP contribution < -0.4 is 10.2 Å². The van der Waals surface area contributed by atoms with Crippen LogP contribution in [-0.4, -0.2) is 28.5 Å². The maximum atomic E-state index is 13.1. The lowest BCUT2D eigenvalue weighted by molar-refractivity contribution is -0.128. The third-order valence-corrected chi connectivity index (χ3v) is 6.19. The van der Waals surface area contributed by atoms with Gasteiger partial charge in [-0.25, -0.2) is 0 Å². The van der Waals surface area contributed by atoms with Gasteiger partial charge in [0.15, 0.2) is 5.82 Å². The SMILES string of the molecule is Cc1nc(C2(NC(=O)[C@H]3CC(=O)N(c4ccc(Br)cc4)C3)CCCCC2)no1. The van der Waals surface area contributed by atoms with Crippen LogP contribution in [-0.2, 0) is 15.1 Å². The standard InChI is InChI=1S/C20H23BrN4O3/c1-13-22-19(24-28-13)20(9-3-2-4-10-20)23-18(27)14-11-17(26)25(12-14)16-7-5-15(21)6-8-16/h5-8,14H,2-4,9-12H2,1H3,(H,23,27)/t14-/m0/s1. The highest BCUT2D eigenvalue weighted by molar-refractivity contribution is 9.10. The second-order valence-electron chi connectivity index (χ2n) is 7.65. The molecule has 2 heterocycles. The van der Waals surface area contributed by atoms with Crippen molar-refractivity contribution in [3.63, 3.8) is 0 Å². The monoisotopic (exact) mass is 446 g/mol. The number of halogens is 1. The summed E-state index contributed by atoms with van der Waals surface area (Å²) in [5.41, 5.74) is 0.214. The van der Waals surface area contributed by atoms with Gasteiger partial charge in [0.2, 0.25) is 17.7 Å². The highest BCUT2D eigenvalue weighted by Gasteiger charge is 2.43. The van der Waals surface area contributed by atoms with Crippen LogP contribution in [0.5, 0.6) is 0 Å². The largest absolute Gasteiger partial charge is 0.343 e. The molecule has 4 rings (SSSR count). The maximum absolute atomic E-state index is 13.1. The van der Waals surface area contributed by atoms with E-state index in [2.05, 4.69) is 31.4 Å². The third-order valence-electron chi connectivity index (χ3n) is 5.66. The number of rotatable bonds is 4. The van der Waals surface area contributed by atoms with Gasteiger partial charge in [-0.05, 0) is 37.1 Å². The van der Waals surface area contributed by atoms with Gasteiger partial charge < -0.3 is 14.7 Å². The lowest BCUT2D eigenvalue weighted by Gasteiger charge is -2.36. The van der Waals surface area contributed by atoms with Crippen LogP contribution in [0.15, 0.2) is 33.3 Å². The average Bonchev–Trinajstić information content (AvgIpc) is 3.30. The number of amides is 2. The van der Waals surface area contributed by atoms with E-state index < -0.39 is 5.54 Å². The zero-order valence-electron chi connectivity index (χ0n) is 15.8. The third kappa shape index (κ3) is 3.70. The molecule has 0 unspecified atom stereocenters. The van der Waals surface area contributed by atoms with Crippen LogP contribution in [0.4, 0.5) is 5.69 Å². The molecular weight excluding hydrogens is 424 g/mol. The van der Waals surface area contributed by atoms with E-state index in [4.69, 9.17) is 4.52 Å². The van der Waals surface area contributed by atoms with Crippen LogP contribution in [0.2, 0.25) is 0 Å². The Bertz CT molecular complexity index is 874. The van der Waals surface area contributed by atoms with Crippen molar-refractivity contribution < 1.29 is 14.1 Å². The molecule has 0 spiro atoms. The molecule has 1 aliphatic heterocycles. The number of hydrogen-bond donors (Lipinski definition) is 1. The normalized spacial score (nSPS) is 21.7. The second kappa shape index (κ2) is 7.66. The van der Waals surface area contributed by atoms with Gasteiger partial charge in [0, 0.05) is 30.0 Å². The quantitative estimate of drug-likeness (QED) is 0.776. The fraction of sp³-hybridized carbons (Fsp3) is 0.500. The summed E-state index contributed by atoms with van der Waals surface area (Å²) in [6, 6.07) is 7.55. The molecule has 1 saturated heterocycles. The van der Waals surface area contributed by atoms with Crippen molar-refractivity contribution in [2.45, 2.75) is 51.0 Å². The van der Waals surface area contributed by atoms with E-state index in [0.717, 1.165) is 42.3 Å². The number of nitrogens with zero attached hydrogens (tertiary/aromatic N) is 3. The molecule has 1 N–H and O–H groups in total. The Balaban J connectivity index is 1.50. The van der Waals surface area contributed by atoms with E-state index in [9.17, 15) is 9.59 Å². The summed E-state index contributed by atoms with van der Waals surface area (Å²) in [7, 11) is 0. The topological polar surface area (TPSA) is 88.3 Å². The van der Waals surface area contributed by atoms with Crippen LogP contribution in [0, 0.1) is 12.8 Å². The van der Waals surface area contributed by atoms with E-state index in [-0.39, 0.29) is 24.2 Å². The first-order valence-corrected chi connectivity index (χ1v) is 10.4. The number of nitrogens with one attached hydrogen (secondary N) is 1. The van der Waals surface area contributed by atoms with Crippen LogP contribution in [0.3, 0.4) is 0 Å². The summed E-state index contributed by atoms with van der Waals surface area (Å²) in [6.45, 7) is 2.13. The Hall–Kier alpha value is -2.22. The molecular formula is C20H23BrN4O3. The highest BCUT2D eigenvalue weighted by atomic mass is 79.9. The summed E-state index contributed by atoms with van der Waals surface area (Å²) in [6.07, 6.45) is 4.92. The van der Waals surface area contributed by atoms with Crippen molar-refractivity contribution in [1.29, 1.82) is 0 Å². The predicted molar refractivity (Wildman–Crippen MR) is 107 cm³/mol. The van der Waals surface area contributed by atoms with Crippen molar-refractivity contribution in [1.82, 2.24) is 15.5 Å². The zero-order valence-corrected chi connectivity index (χ0v) is 17.4. The van der Waals surface area contributed by atoms with E-state index in [1.807, 2.05) is 24.3 Å². The van der Waals surface area contributed by atoms with Crippen molar-refractivity contribution >= 4 is 33.4 Å². The van der Waals surface area contributed by atoms with E-state index in [1.54, 1.807) is 11.8 Å². The van der Waals surface area contributed by atoms with Crippen LogP contribution >= 0.6 is 15.9 Å². The molecule has 1 aromatic carbocycles. The molecule has 28 heavy (non-hydrogen) atoms. The molecule has 148 valence electrons. The molecule has 1 atom stereocenters. The van der Waals surface area contributed by atoms with Gasteiger partial charge in [-0.3, -0.25) is 9.59 Å². The molecule has 0 bridgehead atoms. The molecule has 2 amide bonds. The molecule has 8 heteroatoms. The fourth-order valence-corrected chi connectivity index (χ4v) is 4.41. The van der Waals surface area contributed by atoms with Crippen molar-refractivity contribution in [3.05, 3.63) is 40.5 Å². The van der Waals surface area contributed by atoms with Crippen LogP contribution in [0.25, 0.3) is 0 Å². The fourth-order valence-electron chi connectivity index (χ4n) is 4.15. The minimum Gasteiger partial charge on any atom is -0.343 e. The number of aryl methyl sites for hydroxylation is 1. The Kier molecular flexibility index (Phi) is 5.23. The zero-order chi connectivity index (χ0) is 19.7. The molecule has 7 nitrogen and oxygen atoms in total. The average molecular weight is 447 g/mol. The first kappa shape index (κ1) is 19.1. The Morgan fingerprint density at radius 3 is 2.61 bits per heavy atom. The lowest BCUT2D eigenvalue weighted by Crippen LogP contribution is -2.50.